The summed E-state index contributed by atoms with van der Waals surface area (Å²) in [4.78, 5) is 13.6. The monoisotopic (exact) mass is 186 g/mol. The molecule has 1 rings (SSSR count). The zero-order valence-electron chi connectivity index (χ0n) is 6.34. The van der Waals surface area contributed by atoms with Crippen LogP contribution in [0.15, 0.2) is 12.5 Å². The van der Waals surface area contributed by atoms with Gasteiger partial charge in [-0.1, -0.05) is 6.92 Å². The zero-order chi connectivity index (χ0) is 8.97. The van der Waals surface area contributed by atoms with E-state index in [1.807, 2.05) is 0 Å². The summed E-state index contributed by atoms with van der Waals surface area (Å²) in [5.41, 5.74) is 0. The molecule has 0 saturated carbocycles. The van der Waals surface area contributed by atoms with Crippen LogP contribution in [0.5, 0.6) is 0 Å². The van der Waals surface area contributed by atoms with Crippen molar-refractivity contribution in [2.24, 2.45) is 0 Å². The van der Waals surface area contributed by atoms with Gasteiger partial charge in [-0.2, -0.15) is 0 Å². The van der Waals surface area contributed by atoms with Gasteiger partial charge in [0.2, 0.25) is 0 Å². The fourth-order valence-corrected chi connectivity index (χ4v) is 1.36. The molecule has 0 unspecified atom stereocenters. The van der Waals surface area contributed by atoms with Gasteiger partial charge in [-0.25, -0.2) is 4.98 Å². The van der Waals surface area contributed by atoms with Gasteiger partial charge in [-0.3, -0.25) is 0 Å². The number of aromatic nitrogens is 2. The van der Waals surface area contributed by atoms with Crippen LogP contribution in [0.2, 0.25) is 0 Å². The predicted molar refractivity (Wildman–Crippen MR) is 46.7 cm³/mol. The molecule has 12 heavy (non-hydrogen) atoms. The molecule has 65 valence electrons. The fraction of sp³-hybridized carbons (Fsp3) is 0.333. The SMILES string of the molecule is [CH2]CCSn1cncc1[N+](=O)[O-]. The van der Waals surface area contributed by atoms with E-state index in [9.17, 15) is 10.1 Å². The normalized spacial score (nSPS) is 10.1. The number of hydrogen-bond donors (Lipinski definition) is 0. The number of nitrogens with zero attached hydrogens (tertiary/aromatic N) is 3. The molecule has 5 nitrogen and oxygen atoms in total. The quantitative estimate of drug-likeness (QED) is 0.528. The van der Waals surface area contributed by atoms with Crippen LogP contribution in [0.3, 0.4) is 0 Å². The maximum atomic E-state index is 10.4. The molecule has 0 aliphatic heterocycles. The highest BCUT2D eigenvalue weighted by molar-refractivity contribution is 7.97. The van der Waals surface area contributed by atoms with Crippen LogP contribution in [0, 0.1) is 17.0 Å². The van der Waals surface area contributed by atoms with Gasteiger partial charge in [0.25, 0.3) is 0 Å². The second kappa shape index (κ2) is 4.10. The lowest BCUT2D eigenvalue weighted by Gasteiger charge is -1.95. The molecule has 0 saturated heterocycles. The van der Waals surface area contributed by atoms with E-state index in [4.69, 9.17) is 0 Å². The maximum Gasteiger partial charge on any atom is 0.354 e. The Morgan fingerprint density at radius 1 is 1.83 bits per heavy atom. The van der Waals surface area contributed by atoms with Gasteiger partial charge < -0.3 is 10.1 Å². The van der Waals surface area contributed by atoms with Gasteiger partial charge in [0.1, 0.15) is 6.20 Å². The summed E-state index contributed by atoms with van der Waals surface area (Å²) in [7, 11) is 0. The third kappa shape index (κ3) is 1.97. The lowest BCUT2D eigenvalue weighted by Crippen LogP contribution is -1.95. The van der Waals surface area contributed by atoms with E-state index in [1.54, 1.807) is 0 Å². The summed E-state index contributed by atoms with van der Waals surface area (Å²) in [6.07, 6.45) is 3.40. The van der Waals surface area contributed by atoms with E-state index in [0.717, 1.165) is 12.2 Å². The van der Waals surface area contributed by atoms with Crippen LogP contribution in [0.25, 0.3) is 0 Å². The smallest absolute Gasteiger partial charge is 0.354 e. The third-order valence-electron chi connectivity index (χ3n) is 1.15. The molecular weight excluding hydrogens is 178 g/mol. The molecule has 1 aromatic rings. The van der Waals surface area contributed by atoms with Gasteiger partial charge in [0.05, 0.1) is 11.9 Å². The Kier molecular flexibility index (Phi) is 3.09. The number of nitro groups is 1. The first kappa shape index (κ1) is 9.05. The Balaban J connectivity index is 2.70. The first-order valence-electron chi connectivity index (χ1n) is 3.35. The lowest BCUT2D eigenvalue weighted by atomic mass is 10.6. The fourth-order valence-electron chi connectivity index (χ4n) is 0.667. The average Bonchev–Trinajstić information content (AvgIpc) is 2.48. The summed E-state index contributed by atoms with van der Waals surface area (Å²) >= 11 is 1.33. The highest BCUT2D eigenvalue weighted by atomic mass is 32.2. The molecule has 0 atom stereocenters. The Bertz CT molecular complexity index is 274. The van der Waals surface area contributed by atoms with E-state index in [2.05, 4.69) is 11.9 Å². The van der Waals surface area contributed by atoms with Crippen molar-refractivity contribution in [2.45, 2.75) is 6.42 Å². The Labute approximate surface area is 74.1 Å². The highest BCUT2D eigenvalue weighted by Crippen LogP contribution is 2.17. The van der Waals surface area contributed by atoms with Crippen molar-refractivity contribution in [3.8, 4) is 0 Å². The van der Waals surface area contributed by atoms with Crippen molar-refractivity contribution in [1.29, 1.82) is 0 Å². The molecule has 0 aromatic carbocycles. The van der Waals surface area contributed by atoms with Crippen molar-refractivity contribution in [3.05, 3.63) is 29.6 Å². The molecule has 0 N–H and O–H groups in total. The maximum absolute atomic E-state index is 10.4. The minimum atomic E-state index is -0.455. The Morgan fingerprint density at radius 2 is 2.58 bits per heavy atom. The van der Waals surface area contributed by atoms with Gasteiger partial charge in [0.15, 0.2) is 6.33 Å². The predicted octanol–water partition coefficient (Wildman–Crippen LogP) is 1.51. The molecule has 1 radical (unpaired) electrons. The van der Waals surface area contributed by atoms with Crippen LogP contribution in [0.4, 0.5) is 5.82 Å². The topological polar surface area (TPSA) is 61.0 Å². The second-order valence-corrected chi connectivity index (χ2v) is 3.08. The second-order valence-electron chi connectivity index (χ2n) is 2.02. The molecule has 0 amide bonds. The number of imidazole rings is 1. The minimum absolute atomic E-state index is 0.00782. The van der Waals surface area contributed by atoms with E-state index in [0.29, 0.717) is 0 Å². The number of rotatable bonds is 4. The van der Waals surface area contributed by atoms with Crippen molar-refractivity contribution in [3.63, 3.8) is 0 Å². The van der Waals surface area contributed by atoms with E-state index >= 15 is 0 Å². The van der Waals surface area contributed by atoms with Crippen LogP contribution in [0.1, 0.15) is 6.42 Å². The van der Waals surface area contributed by atoms with E-state index < -0.39 is 4.92 Å². The molecule has 0 aliphatic rings. The first-order valence-corrected chi connectivity index (χ1v) is 4.29. The average molecular weight is 186 g/mol. The summed E-state index contributed by atoms with van der Waals surface area (Å²) in [5.74, 6) is 0.755. The molecule has 0 bridgehead atoms. The lowest BCUT2D eigenvalue weighted by molar-refractivity contribution is -0.390. The number of hydrogen-bond acceptors (Lipinski definition) is 4. The van der Waals surface area contributed by atoms with E-state index in [1.165, 1.54) is 28.4 Å². The first-order chi connectivity index (χ1) is 5.75. The zero-order valence-corrected chi connectivity index (χ0v) is 7.16. The van der Waals surface area contributed by atoms with Gasteiger partial charge >= 0.3 is 5.82 Å². The van der Waals surface area contributed by atoms with Gasteiger partial charge in [-0.05, 0) is 11.3 Å². The summed E-state index contributed by atoms with van der Waals surface area (Å²) in [5, 5.41) is 10.4. The van der Waals surface area contributed by atoms with Gasteiger partial charge in [0, 0.05) is 5.75 Å². The van der Waals surface area contributed by atoms with E-state index in [-0.39, 0.29) is 5.82 Å². The third-order valence-corrected chi connectivity index (χ3v) is 2.18. The summed E-state index contributed by atoms with van der Waals surface area (Å²) < 4.78 is 1.44. The largest absolute Gasteiger partial charge is 0.358 e. The molecule has 6 heteroatoms. The molecular formula is C6H8N3O2S. The Hall–Kier alpha value is -1.04. The van der Waals surface area contributed by atoms with Crippen molar-refractivity contribution in [1.82, 2.24) is 8.96 Å². The molecule has 0 fully saturated rings. The molecule has 1 heterocycles. The van der Waals surface area contributed by atoms with Crippen molar-refractivity contribution >= 4 is 17.8 Å². The molecule has 1 aromatic heterocycles. The standard InChI is InChI=1S/C6H8N3O2S/c1-2-3-12-8-5-7-4-6(8)9(10)11/h4-5H,1-3H2. The minimum Gasteiger partial charge on any atom is -0.358 e. The molecule has 0 spiro atoms. The van der Waals surface area contributed by atoms with Gasteiger partial charge in [-0.15, -0.1) is 3.97 Å². The van der Waals surface area contributed by atoms with Crippen LogP contribution in [-0.2, 0) is 0 Å². The van der Waals surface area contributed by atoms with Crippen molar-refractivity contribution < 1.29 is 4.92 Å². The summed E-state index contributed by atoms with van der Waals surface area (Å²) in [6.45, 7) is 3.64. The molecule has 0 aliphatic carbocycles. The van der Waals surface area contributed by atoms with Crippen LogP contribution in [-0.4, -0.2) is 19.6 Å². The Morgan fingerprint density at radius 3 is 3.17 bits per heavy atom. The van der Waals surface area contributed by atoms with Crippen LogP contribution < -0.4 is 0 Å². The highest BCUT2D eigenvalue weighted by Gasteiger charge is 2.12. The van der Waals surface area contributed by atoms with Crippen LogP contribution >= 0.6 is 11.9 Å². The van der Waals surface area contributed by atoms with Crippen molar-refractivity contribution in [2.75, 3.05) is 5.75 Å². The summed E-state index contributed by atoms with van der Waals surface area (Å²) in [6, 6.07) is 0.